The fraction of sp³-hybridized carbons (Fsp3) is 0.500. The van der Waals surface area contributed by atoms with E-state index in [2.05, 4.69) is 46.8 Å². The van der Waals surface area contributed by atoms with E-state index in [-0.39, 0.29) is 18.5 Å². The van der Waals surface area contributed by atoms with E-state index < -0.39 is 0 Å². The number of amides is 1. The van der Waals surface area contributed by atoms with Crippen molar-refractivity contribution in [1.29, 1.82) is 0 Å². The zero-order valence-corrected chi connectivity index (χ0v) is 13.4. The van der Waals surface area contributed by atoms with Crippen molar-refractivity contribution in [1.82, 2.24) is 20.3 Å². The SMILES string of the molecule is Cc1ccc([C@H](NC(=O)Cn2cc(C3CC3)nn2)C2CC2)cc1. The summed E-state index contributed by atoms with van der Waals surface area (Å²) in [6.07, 6.45) is 6.68. The second kappa shape index (κ2) is 5.80. The van der Waals surface area contributed by atoms with Gasteiger partial charge in [-0.1, -0.05) is 35.0 Å². The molecule has 5 nitrogen and oxygen atoms in total. The topological polar surface area (TPSA) is 59.8 Å². The van der Waals surface area contributed by atoms with Crippen LogP contribution in [-0.2, 0) is 11.3 Å². The first-order valence-electron chi connectivity index (χ1n) is 8.45. The highest BCUT2D eigenvalue weighted by Gasteiger charge is 2.33. The number of aryl methyl sites for hydroxylation is 1. The third-order valence-corrected chi connectivity index (χ3v) is 4.70. The van der Waals surface area contributed by atoms with E-state index in [9.17, 15) is 4.79 Å². The standard InChI is InChI=1S/C18H22N4O/c1-12-2-4-14(5-3-12)18(15-8-9-15)19-17(23)11-22-10-16(20-21-22)13-6-7-13/h2-5,10,13,15,18H,6-9,11H2,1H3,(H,19,23)/t18-/m0/s1. The molecule has 1 atom stereocenters. The maximum Gasteiger partial charge on any atom is 0.242 e. The molecule has 2 aromatic rings. The number of carbonyl (C=O) groups excluding carboxylic acids is 1. The van der Waals surface area contributed by atoms with Crippen molar-refractivity contribution >= 4 is 5.91 Å². The van der Waals surface area contributed by atoms with Crippen molar-refractivity contribution in [2.45, 2.75) is 51.1 Å². The Morgan fingerprint density at radius 1 is 1.26 bits per heavy atom. The minimum atomic E-state index is 0.00900. The number of hydrogen-bond acceptors (Lipinski definition) is 3. The fourth-order valence-corrected chi connectivity index (χ4v) is 3.00. The van der Waals surface area contributed by atoms with Crippen molar-refractivity contribution in [3.8, 4) is 0 Å². The Kier molecular flexibility index (Phi) is 3.63. The molecule has 0 radical (unpaired) electrons. The summed E-state index contributed by atoms with van der Waals surface area (Å²) in [6, 6.07) is 8.58. The van der Waals surface area contributed by atoms with Crippen LogP contribution in [0.15, 0.2) is 30.5 Å². The van der Waals surface area contributed by atoms with Gasteiger partial charge < -0.3 is 5.32 Å². The van der Waals surface area contributed by atoms with Crippen LogP contribution >= 0.6 is 0 Å². The van der Waals surface area contributed by atoms with Crippen LogP contribution in [0.2, 0.25) is 0 Å². The molecule has 0 spiro atoms. The first-order valence-corrected chi connectivity index (χ1v) is 8.45. The molecule has 0 bridgehead atoms. The Balaban J connectivity index is 1.41. The van der Waals surface area contributed by atoms with Crippen molar-refractivity contribution in [3.05, 3.63) is 47.3 Å². The van der Waals surface area contributed by atoms with Gasteiger partial charge >= 0.3 is 0 Å². The maximum atomic E-state index is 12.4. The molecule has 5 heteroatoms. The molecule has 1 aromatic carbocycles. The molecule has 1 amide bonds. The number of hydrogen-bond donors (Lipinski definition) is 1. The van der Waals surface area contributed by atoms with Gasteiger partial charge in [-0.25, -0.2) is 4.68 Å². The van der Waals surface area contributed by atoms with Gasteiger partial charge in [0.25, 0.3) is 0 Å². The van der Waals surface area contributed by atoms with Gasteiger partial charge in [0.15, 0.2) is 0 Å². The fourth-order valence-electron chi connectivity index (χ4n) is 3.00. The Labute approximate surface area is 136 Å². The third kappa shape index (κ3) is 3.44. The molecule has 0 unspecified atom stereocenters. The van der Waals surface area contributed by atoms with Crippen LogP contribution in [0.5, 0.6) is 0 Å². The first kappa shape index (κ1) is 14.4. The summed E-state index contributed by atoms with van der Waals surface area (Å²) in [7, 11) is 0. The lowest BCUT2D eigenvalue weighted by Gasteiger charge is -2.19. The highest BCUT2D eigenvalue weighted by molar-refractivity contribution is 5.76. The molecule has 2 fully saturated rings. The summed E-state index contributed by atoms with van der Waals surface area (Å²) in [4.78, 5) is 12.4. The summed E-state index contributed by atoms with van der Waals surface area (Å²) in [6.45, 7) is 2.32. The molecule has 2 aliphatic carbocycles. The van der Waals surface area contributed by atoms with Crippen molar-refractivity contribution in [3.63, 3.8) is 0 Å². The van der Waals surface area contributed by atoms with Crippen molar-refractivity contribution in [2.24, 2.45) is 5.92 Å². The zero-order chi connectivity index (χ0) is 15.8. The normalized spacial score (nSPS) is 18.7. The molecule has 120 valence electrons. The lowest BCUT2D eigenvalue weighted by atomic mass is 10.0. The van der Waals surface area contributed by atoms with Crippen LogP contribution in [0.1, 0.15) is 54.5 Å². The second-order valence-corrected chi connectivity index (χ2v) is 6.91. The predicted molar refractivity (Wildman–Crippen MR) is 86.8 cm³/mol. The van der Waals surface area contributed by atoms with E-state index in [1.165, 1.54) is 36.8 Å². The molecular formula is C18H22N4O. The Morgan fingerprint density at radius 2 is 2.00 bits per heavy atom. The van der Waals surface area contributed by atoms with Crippen molar-refractivity contribution < 1.29 is 4.79 Å². The van der Waals surface area contributed by atoms with Crippen molar-refractivity contribution in [2.75, 3.05) is 0 Å². The van der Waals surface area contributed by atoms with Gasteiger partial charge in [0.2, 0.25) is 5.91 Å². The van der Waals surface area contributed by atoms with Gasteiger partial charge in [-0.05, 0) is 44.1 Å². The van der Waals surface area contributed by atoms with Gasteiger partial charge in [0, 0.05) is 12.1 Å². The Hall–Kier alpha value is -2.17. The maximum absolute atomic E-state index is 12.4. The molecule has 0 aliphatic heterocycles. The lowest BCUT2D eigenvalue weighted by Crippen LogP contribution is -2.32. The van der Waals surface area contributed by atoms with E-state index in [1.807, 2.05) is 6.20 Å². The Morgan fingerprint density at radius 3 is 2.65 bits per heavy atom. The highest BCUT2D eigenvalue weighted by atomic mass is 16.2. The average Bonchev–Trinajstić information content (AvgIpc) is 3.45. The van der Waals surface area contributed by atoms with E-state index in [1.54, 1.807) is 4.68 Å². The quantitative estimate of drug-likeness (QED) is 0.892. The average molecular weight is 310 g/mol. The van der Waals surface area contributed by atoms with Crippen LogP contribution < -0.4 is 5.32 Å². The van der Waals surface area contributed by atoms with Gasteiger partial charge in [-0.2, -0.15) is 0 Å². The number of nitrogens with zero attached hydrogens (tertiary/aromatic N) is 3. The van der Waals surface area contributed by atoms with Gasteiger partial charge in [0.05, 0.1) is 11.7 Å². The Bertz CT molecular complexity index is 698. The molecule has 1 heterocycles. The molecule has 4 rings (SSSR count). The summed E-state index contributed by atoms with van der Waals surface area (Å²) in [5, 5.41) is 11.4. The van der Waals surface area contributed by atoms with Gasteiger partial charge in [0.1, 0.15) is 6.54 Å². The second-order valence-electron chi connectivity index (χ2n) is 6.91. The van der Waals surface area contributed by atoms with Crippen LogP contribution in [0.25, 0.3) is 0 Å². The monoisotopic (exact) mass is 310 g/mol. The van der Waals surface area contributed by atoms with Gasteiger partial charge in [-0.3, -0.25) is 4.79 Å². The minimum absolute atomic E-state index is 0.00900. The predicted octanol–water partition coefficient (Wildman–Crippen LogP) is 2.73. The number of benzene rings is 1. The molecule has 0 saturated heterocycles. The van der Waals surface area contributed by atoms with E-state index in [0.717, 1.165) is 5.69 Å². The lowest BCUT2D eigenvalue weighted by molar-refractivity contribution is -0.122. The molecule has 1 N–H and O–H groups in total. The zero-order valence-electron chi connectivity index (χ0n) is 13.4. The van der Waals surface area contributed by atoms with E-state index >= 15 is 0 Å². The smallest absolute Gasteiger partial charge is 0.242 e. The van der Waals surface area contributed by atoms with Gasteiger partial charge in [-0.15, -0.1) is 5.10 Å². The van der Waals surface area contributed by atoms with E-state index in [4.69, 9.17) is 0 Å². The first-order chi connectivity index (χ1) is 11.2. The molecule has 2 aliphatic rings. The molecule has 2 saturated carbocycles. The van der Waals surface area contributed by atoms with Crippen LogP contribution in [-0.4, -0.2) is 20.9 Å². The minimum Gasteiger partial charge on any atom is -0.347 e. The summed E-state index contributed by atoms with van der Waals surface area (Å²) < 4.78 is 1.65. The van der Waals surface area contributed by atoms with Crippen LogP contribution in [0.3, 0.4) is 0 Å². The summed E-state index contributed by atoms with van der Waals surface area (Å²) >= 11 is 0. The highest BCUT2D eigenvalue weighted by Crippen LogP contribution is 2.41. The summed E-state index contributed by atoms with van der Waals surface area (Å²) in [5.41, 5.74) is 3.46. The van der Waals surface area contributed by atoms with Crippen LogP contribution in [0.4, 0.5) is 0 Å². The van der Waals surface area contributed by atoms with Crippen LogP contribution in [0, 0.1) is 12.8 Å². The number of nitrogens with one attached hydrogen (secondary N) is 1. The largest absolute Gasteiger partial charge is 0.347 e. The molecular weight excluding hydrogens is 288 g/mol. The molecule has 1 aromatic heterocycles. The molecule has 23 heavy (non-hydrogen) atoms. The number of rotatable bonds is 6. The number of carbonyl (C=O) groups is 1. The number of aromatic nitrogens is 3. The summed E-state index contributed by atoms with van der Waals surface area (Å²) in [5.74, 6) is 1.15. The third-order valence-electron chi connectivity index (χ3n) is 4.70. The van der Waals surface area contributed by atoms with E-state index in [0.29, 0.717) is 11.8 Å².